The standard InChI is InChI=1S/C22H30N4O3.CH4/c1-15-11-18(12-21(24-15)27-3)23-13-17-5-4-8-26(14-17)16(2)19-6-7-20-22(25-19)29-10-9-28-20;/h6-7,11-12,16-17H,4-5,8-10,13-14H2,1-3H3,(H,23,24);1H4. The number of likely N-dealkylation sites (tertiary alicyclic amines) is 1. The Hall–Kier alpha value is -2.54. The molecular formula is C23H34N4O3. The van der Waals surface area contributed by atoms with Gasteiger partial charge in [0.15, 0.2) is 5.75 Å². The monoisotopic (exact) mass is 414 g/mol. The summed E-state index contributed by atoms with van der Waals surface area (Å²) in [6, 6.07) is 8.30. The predicted molar refractivity (Wildman–Crippen MR) is 119 cm³/mol. The smallest absolute Gasteiger partial charge is 0.257 e. The van der Waals surface area contributed by atoms with Gasteiger partial charge in [0, 0.05) is 36.6 Å². The van der Waals surface area contributed by atoms with E-state index in [4.69, 9.17) is 19.2 Å². The van der Waals surface area contributed by atoms with Crippen LogP contribution in [0, 0.1) is 12.8 Å². The largest absolute Gasteiger partial charge is 0.484 e. The number of aromatic nitrogens is 2. The maximum absolute atomic E-state index is 5.66. The zero-order valence-corrected chi connectivity index (χ0v) is 17.5. The summed E-state index contributed by atoms with van der Waals surface area (Å²) in [5.41, 5.74) is 3.06. The highest BCUT2D eigenvalue weighted by Crippen LogP contribution is 2.32. The number of nitrogens with zero attached hydrogens (tertiary/aromatic N) is 3. The van der Waals surface area contributed by atoms with Crippen LogP contribution in [-0.4, -0.2) is 54.8 Å². The van der Waals surface area contributed by atoms with E-state index in [1.807, 2.05) is 19.1 Å². The summed E-state index contributed by atoms with van der Waals surface area (Å²) in [5.74, 6) is 2.60. The molecule has 2 unspecified atom stereocenters. The number of hydrogen-bond acceptors (Lipinski definition) is 7. The van der Waals surface area contributed by atoms with E-state index in [2.05, 4.69) is 34.3 Å². The molecule has 0 aromatic carbocycles. The van der Waals surface area contributed by atoms with Gasteiger partial charge >= 0.3 is 0 Å². The fraction of sp³-hybridized carbons (Fsp3) is 0.565. The van der Waals surface area contributed by atoms with Crippen LogP contribution < -0.4 is 19.5 Å². The number of rotatable bonds is 6. The number of hydrogen-bond donors (Lipinski definition) is 1. The van der Waals surface area contributed by atoms with E-state index in [0.29, 0.717) is 30.9 Å². The topological polar surface area (TPSA) is 68.7 Å². The van der Waals surface area contributed by atoms with Crippen molar-refractivity contribution in [2.75, 3.05) is 45.3 Å². The van der Waals surface area contributed by atoms with Crippen molar-refractivity contribution in [3.8, 4) is 17.5 Å². The molecule has 164 valence electrons. The van der Waals surface area contributed by atoms with Gasteiger partial charge in [-0.1, -0.05) is 7.43 Å². The Bertz CT molecular complexity index is 845. The average molecular weight is 415 g/mol. The molecule has 2 aliphatic heterocycles. The van der Waals surface area contributed by atoms with Gasteiger partial charge in [0.25, 0.3) is 5.88 Å². The summed E-state index contributed by atoms with van der Waals surface area (Å²) in [6.45, 7) is 8.44. The Labute approximate surface area is 179 Å². The second kappa shape index (κ2) is 9.98. The number of aryl methyl sites for hydroxylation is 1. The van der Waals surface area contributed by atoms with Crippen molar-refractivity contribution >= 4 is 5.69 Å². The highest BCUT2D eigenvalue weighted by atomic mass is 16.6. The van der Waals surface area contributed by atoms with Crippen LogP contribution in [0.3, 0.4) is 0 Å². The number of pyridine rings is 2. The lowest BCUT2D eigenvalue weighted by Crippen LogP contribution is -2.39. The molecule has 4 rings (SSSR count). The van der Waals surface area contributed by atoms with E-state index in [-0.39, 0.29) is 13.5 Å². The normalized spacial score (nSPS) is 19.5. The molecule has 2 aromatic heterocycles. The van der Waals surface area contributed by atoms with Gasteiger partial charge in [0.05, 0.1) is 12.8 Å². The molecule has 4 heterocycles. The summed E-state index contributed by atoms with van der Waals surface area (Å²) in [7, 11) is 1.65. The highest BCUT2D eigenvalue weighted by molar-refractivity contribution is 5.47. The van der Waals surface area contributed by atoms with Crippen molar-refractivity contribution < 1.29 is 14.2 Å². The van der Waals surface area contributed by atoms with E-state index >= 15 is 0 Å². The van der Waals surface area contributed by atoms with Gasteiger partial charge in [-0.25, -0.2) is 9.97 Å². The van der Waals surface area contributed by atoms with E-state index in [9.17, 15) is 0 Å². The van der Waals surface area contributed by atoms with Crippen LogP contribution in [0.5, 0.6) is 17.5 Å². The zero-order valence-electron chi connectivity index (χ0n) is 17.5. The maximum atomic E-state index is 5.66. The first-order valence-corrected chi connectivity index (χ1v) is 10.4. The lowest BCUT2D eigenvalue weighted by Gasteiger charge is -2.37. The molecule has 1 fully saturated rings. The van der Waals surface area contributed by atoms with Crippen LogP contribution in [0.4, 0.5) is 5.69 Å². The molecule has 1 N–H and O–H groups in total. The van der Waals surface area contributed by atoms with Crippen LogP contribution in [0.1, 0.15) is 44.6 Å². The van der Waals surface area contributed by atoms with Gasteiger partial charge in [0.2, 0.25) is 5.88 Å². The van der Waals surface area contributed by atoms with Gasteiger partial charge < -0.3 is 19.5 Å². The highest BCUT2D eigenvalue weighted by Gasteiger charge is 2.26. The predicted octanol–water partition coefficient (Wildman–Crippen LogP) is 4.09. The number of nitrogens with one attached hydrogen (secondary N) is 1. The number of methoxy groups -OCH3 is 1. The first-order valence-electron chi connectivity index (χ1n) is 10.4. The molecule has 0 amide bonds. The molecule has 7 nitrogen and oxygen atoms in total. The summed E-state index contributed by atoms with van der Waals surface area (Å²) >= 11 is 0. The first kappa shape index (κ1) is 22.2. The summed E-state index contributed by atoms with van der Waals surface area (Å²) in [6.07, 6.45) is 2.42. The minimum absolute atomic E-state index is 0. The second-order valence-corrected chi connectivity index (χ2v) is 7.84. The molecule has 2 aliphatic rings. The van der Waals surface area contributed by atoms with Crippen LogP contribution in [-0.2, 0) is 0 Å². The molecule has 2 aromatic rings. The van der Waals surface area contributed by atoms with Gasteiger partial charge in [-0.2, -0.15) is 0 Å². The van der Waals surface area contributed by atoms with Crippen molar-refractivity contribution in [3.05, 3.63) is 35.7 Å². The molecule has 0 aliphatic carbocycles. The third kappa shape index (κ3) is 5.14. The third-order valence-corrected chi connectivity index (χ3v) is 5.69. The summed E-state index contributed by atoms with van der Waals surface area (Å²) < 4.78 is 16.5. The minimum atomic E-state index is 0. The van der Waals surface area contributed by atoms with Crippen molar-refractivity contribution in [2.24, 2.45) is 5.92 Å². The Kier molecular flexibility index (Phi) is 7.37. The van der Waals surface area contributed by atoms with E-state index < -0.39 is 0 Å². The van der Waals surface area contributed by atoms with Crippen LogP contribution >= 0.6 is 0 Å². The molecule has 1 saturated heterocycles. The van der Waals surface area contributed by atoms with E-state index in [1.54, 1.807) is 7.11 Å². The fourth-order valence-electron chi connectivity index (χ4n) is 4.09. The Morgan fingerprint density at radius 2 is 2.07 bits per heavy atom. The fourth-order valence-corrected chi connectivity index (χ4v) is 4.09. The van der Waals surface area contributed by atoms with Crippen molar-refractivity contribution in [1.29, 1.82) is 0 Å². The third-order valence-electron chi connectivity index (χ3n) is 5.69. The SMILES string of the molecule is C.COc1cc(NCC2CCCN(C(C)c3ccc4c(n3)OCCO4)C2)cc(C)n1. The first-order chi connectivity index (χ1) is 14.1. The van der Waals surface area contributed by atoms with Gasteiger partial charge in [0.1, 0.15) is 13.2 Å². The zero-order chi connectivity index (χ0) is 20.2. The van der Waals surface area contributed by atoms with Crippen molar-refractivity contribution in [3.63, 3.8) is 0 Å². The van der Waals surface area contributed by atoms with Crippen LogP contribution in [0.25, 0.3) is 0 Å². The number of piperidine rings is 1. The molecule has 0 bridgehead atoms. The molecule has 2 atom stereocenters. The number of ether oxygens (including phenoxy) is 3. The lowest BCUT2D eigenvalue weighted by atomic mass is 9.96. The summed E-state index contributed by atoms with van der Waals surface area (Å²) in [5, 5.41) is 3.57. The molecule has 7 heteroatoms. The molecule has 0 saturated carbocycles. The number of fused-ring (bicyclic) bond motifs is 1. The average Bonchev–Trinajstić information content (AvgIpc) is 2.76. The molecule has 30 heavy (non-hydrogen) atoms. The Balaban J connectivity index is 0.00000256. The maximum Gasteiger partial charge on any atom is 0.257 e. The summed E-state index contributed by atoms with van der Waals surface area (Å²) in [4.78, 5) is 11.6. The number of anilines is 1. The Morgan fingerprint density at radius 3 is 2.90 bits per heavy atom. The van der Waals surface area contributed by atoms with Gasteiger partial charge in [-0.3, -0.25) is 4.90 Å². The molecule has 0 spiro atoms. The quantitative estimate of drug-likeness (QED) is 0.764. The van der Waals surface area contributed by atoms with Crippen molar-refractivity contribution in [1.82, 2.24) is 14.9 Å². The minimum Gasteiger partial charge on any atom is -0.484 e. The van der Waals surface area contributed by atoms with Gasteiger partial charge in [-0.15, -0.1) is 0 Å². The molecular weight excluding hydrogens is 380 g/mol. The Morgan fingerprint density at radius 1 is 1.23 bits per heavy atom. The van der Waals surface area contributed by atoms with Crippen LogP contribution in [0.15, 0.2) is 24.3 Å². The van der Waals surface area contributed by atoms with E-state index in [1.165, 1.54) is 12.8 Å². The van der Waals surface area contributed by atoms with E-state index in [0.717, 1.165) is 42.5 Å². The van der Waals surface area contributed by atoms with Gasteiger partial charge in [-0.05, 0) is 57.4 Å². The van der Waals surface area contributed by atoms with Crippen molar-refractivity contribution in [2.45, 2.75) is 40.2 Å². The molecule has 0 radical (unpaired) electrons. The lowest BCUT2D eigenvalue weighted by molar-refractivity contribution is 0.131. The van der Waals surface area contributed by atoms with Crippen LogP contribution in [0.2, 0.25) is 0 Å². The second-order valence-electron chi connectivity index (χ2n) is 7.84.